The molecule has 0 saturated carbocycles. The lowest BCUT2D eigenvalue weighted by atomic mass is 10.1. The number of rotatable bonds is 8. The minimum Gasteiger partial charge on any atom is -0.392 e. The number of anilines is 1. The van der Waals surface area contributed by atoms with Gasteiger partial charge in [-0.15, -0.1) is 0 Å². The van der Waals surface area contributed by atoms with Crippen LogP contribution < -0.4 is 4.90 Å². The van der Waals surface area contributed by atoms with Crippen LogP contribution in [0.25, 0.3) is 0 Å². The van der Waals surface area contributed by atoms with Crippen LogP contribution in [0.4, 0.5) is 10.2 Å². The van der Waals surface area contributed by atoms with Crippen LogP contribution in [-0.4, -0.2) is 23.2 Å². The number of aliphatic hydroxyl groups excluding tert-OH is 1. The molecule has 0 fully saturated rings. The molecule has 1 aromatic heterocycles. The fraction of sp³-hybridized carbons (Fsp3) is 0.688. The summed E-state index contributed by atoms with van der Waals surface area (Å²) >= 11 is 0. The van der Waals surface area contributed by atoms with Crippen LogP contribution in [0.5, 0.6) is 0 Å². The molecular formula is C16H27FN2O. The van der Waals surface area contributed by atoms with Gasteiger partial charge in [0.25, 0.3) is 0 Å². The van der Waals surface area contributed by atoms with Gasteiger partial charge in [-0.3, -0.25) is 0 Å². The first kappa shape index (κ1) is 16.9. The fourth-order valence-corrected chi connectivity index (χ4v) is 2.03. The van der Waals surface area contributed by atoms with Crippen LogP contribution in [0, 0.1) is 17.7 Å². The first-order valence-corrected chi connectivity index (χ1v) is 7.44. The van der Waals surface area contributed by atoms with Crippen LogP contribution in [-0.2, 0) is 6.61 Å². The second kappa shape index (κ2) is 8.20. The molecule has 1 aromatic rings. The summed E-state index contributed by atoms with van der Waals surface area (Å²) in [5, 5.41) is 9.41. The van der Waals surface area contributed by atoms with E-state index < -0.39 is 5.82 Å². The van der Waals surface area contributed by atoms with Gasteiger partial charge in [0.15, 0.2) is 0 Å². The Morgan fingerprint density at radius 1 is 1.15 bits per heavy atom. The third-order valence-corrected chi connectivity index (χ3v) is 3.33. The molecule has 0 aromatic carbocycles. The van der Waals surface area contributed by atoms with Crippen molar-refractivity contribution in [2.24, 2.45) is 11.8 Å². The molecule has 0 saturated heterocycles. The number of aliphatic hydroxyl groups is 1. The summed E-state index contributed by atoms with van der Waals surface area (Å²) in [6, 6.07) is 1.38. The predicted molar refractivity (Wildman–Crippen MR) is 81.2 cm³/mol. The highest BCUT2D eigenvalue weighted by Gasteiger charge is 2.14. The van der Waals surface area contributed by atoms with Gasteiger partial charge in [0.1, 0.15) is 11.6 Å². The quantitative estimate of drug-likeness (QED) is 0.791. The Balaban J connectivity index is 2.89. The van der Waals surface area contributed by atoms with Gasteiger partial charge in [-0.1, -0.05) is 27.7 Å². The van der Waals surface area contributed by atoms with Gasteiger partial charge in [-0.2, -0.15) is 0 Å². The fourth-order valence-electron chi connectivity index (χ4n) is 2.03. The van der Waals surface area contributed by atoms with Gasteiger partial charge >= 0.3 is 0 Å². The van der Waals surface area contributed by atoms with Gasteiger partial charge in [-0.05, 0) is 30.7 Å². The molecule has 0 amide bonds. The number of nitrogens with zero attached hydrogens (tertiary/aromatic N) is 2. The Hall–Kier alpha value is -1.16. The van der Waals surface area contributed by atoms with Gasteiger partial charge in [0, 0.05) is 18.7 Å². The average Bonchev–Trinajstić information content (AvgIpc) is 2.38. The molecule has 3 nitrogen and oxygen atoms in total. The summed E-state index contributed by atoms with van der Waals surface area (Å²) < 4.78 is 13.2. The van der Waals surface area contributed by atoms with E-state index in [1.165, 1.54) is 12.3 Å². The highest BCUT2D eigenvalue weighted by Crippen LogP contribution is 2.21. The SMILES string of the molecule is CC(C)CCN(CCC(C)C)c1ncc(F)cc1CO. The first-order chi connectivity index (χ1) is 9.43. The van der Waals surface area contributed by atoms with E-state index in [9.17, 15) is 9.50 Å². The van der Waals surface area contributed by atoms with Crippen LogP contribution in [0.3, 0.4) is 0 Å². The zero-order chi connectivity index (χ0) is 15.1. The Bertz CT molecular complexity index is 395. The third kappa shape index (κ3) is 5.45. The molecule has 1 N–H and O–H groups in total. The zero-order valence-corrected chi connectivity index (χ0v) is 13.1. The summed E-state index contributed by atoms with van der Waals surface area (Å²) in [5.74, 6) is 1.53. The van der Waals surface area contributed by atoms with Crippen molar-refractivity contribution in [3.05, 3.63) is 23.6 Å². The number of pyridine rings is 1. The molecule has 20 heavy (non-hydrogen) atoms. The lowest BCUT2D eigenvalue weighted by molar-refractivity contribution is 0.280. The molecule has 1 rings (SSSR count). The van der Waals surface area contributed by atoms with E-state index >= 15 is 0 Å². The normalized spacial score (nSPS) is 11.4. The standard InChI is InChI=1S/C16H27FN2O/c1-12(2)5-7-19(8-6-13(3)4)16-14(11-20)9-15(17)10-18-16/h9-10,12-13,20H,5-8,11H2,1-4H3. The maximum atomic E-state index is 13.2. The van der Waals surface area contributed by atoms with Crippen molar-refractivity contribution in [1.29, 1.82) is 0 Å². The summed E-state index contributed by atoms with van der Waals surface area (Å²) in [7, 11) is 0. The predicted octanol–water partition coefficient (Wildman–Crippen LogP) is 3.61. The van der Waals surface area contributed by atoms with Gasteiger partial charge in [0.2, 0.25) is 0 Å². The maximum Gasteiger partial charge on any atom is 0.142 e. The second-order valence-electron chi connectivity index (χ2n) is 6.15. The molecule has 1 heterocycles. The van der Waals surface area contributed by atoms with Crippen LogP contribution in [0.2, 0.25) is 0 Å². The number of halogens is 1. The zero-order valence-electron chi connectivity index (χ0n) is 13.1. The Morgan fingerprint density at radius 2 is 1.70 bits per heavy atom. The first-order valence-electron chi connectivity index (χ1n) is 7.44. The number of hydrogen-bond donors (Lipinski definition) is 1. The largest absolute Gasteiger partial charge is 0.392 e. The van der Waals surface area contributed by atoms with Crippen LogP contribution in [0.15, 0.2) is 12.3 Å². The van der Waals surface area contributed by atoms with Crippen molar-refractivity contribution in [3.63, 3.8) is 0 Å². The minimum absolute atomic E-state index is 0.181. The van der Waals surface area contributed by atoms with Crippen molar-refractivity contribution in [1.82, 2.24) is 4.98 Å². The molecule has 0 spiro atoms. The Morgan fingerprint density at radius 3 is 2.15 bits per heavy atom. The Labute approximate surface area is 121 Å². The van der Waals surface area contributed by atoms with E-state index in [0.717, 1.165) is 31.7 Å². The molecule has 0 aliphatic heterocycles. The molecule has 4 heteroatoms. The van der Waals surface area contributed by atoms with Crippen LogP contribution >= 0.6 is 0 Å². The van der Waals surface area contributed by atoms with Crippen molar-refractivity contribution in [2.75, 3.05) is 18.0 Å². The molecule has 0 aliphatic rings. The Kier molecular flexibility index (Phi) is 6.93. The summed E-state index contributed by atoms with van der Waals surface area (Å²) in [4.78, 5) is 6.37. The van der Waals surface area contributed by atoms with Crippen molar-refractivity contribution in [3.8, 4) is 0 Å². The second-order valence-corrected chi connectivity index (χ2v) is 6.15. The van der Waals surface area contributed by atoms with E-state index in [1.54, 1.807) is 0 Å². The highest BCUT2D eigenvalue weighted by molar-refractivity contribution is 5.46. The third-order valence-electron chi connectivity index (χ3n) is 3.33. The molecule has 0 radical (unpaired) electrons. The van der Waals surface area contributed by atoms with Gasteiger partial charge < -0.3 is 10.0 Å². The molecule has 114 valence electrons. The van der Waals surface area contributed by atoms with E-state index in [1.807, 2.05) is 0 Å². The van der Waals surface area contributed by atoms with E-state index in [4.69, 9.17) is 0 Å². The van der Waals surface area contributed by atoms with Crippen molar-refractivity contribution in [2.45, 2.75) is 47.1 Å². The average molecular weight is 282 g/mol. The van der Waals surface area contributed by atoms with E-state index in [-0.39, 0.29) is 6.61 Å². The maximum absolute atomic E-state index is 13.2. The summed E-state index contributed by atoms with van der Waals surface area (Å²) in [6.07, 6.45) is 3.34. The molecule has 0 aliphatic carbocycles. The van der Waals surface area contributed by atoms with Gasteiger partial charge in [-0.25, -0.2) is 9.37 Å². The van der Waals surface area contributed by atoms with E-state index in [2.05, 4.69) is 37.6 Å². The topological polar surface area (TPSA) is 36.4 Å². The number of aromatic nitrogens is 1. The van der Waals surface area contributed by atoms with Crippen molar-refractivity contribution >= 4 is 5.82 Å². The minimum atomic E-state index is -0.398. The molecule has 0 unspecified atom stereocenters. The molecule has 0 bridgehead atoms. The monoisotopic (exact) mass is 282 g/mol. The highest BCUT2D eigenvalue weighted by atomic mass is 19.1. The summed E-state index contributed by atoms with van der Waals surface area (Å²) in [5.41, 5.74) is 0.567. The molecular weight excluding hydrogens is 255 g/mol. The smallest absolute Gasteiger partial charge is 0.142 e. The summed E-state index contributed by atoms with van der Waals surface area (Å²) in [6.45, 7) is 10.3. The number of hydrogen-bond acceptors (Lipinski definition) is 3. The van der Waals surface area contributed by atoms with E-state index in [0.29, 0.717) is 17.4 Å². The molecule has 0 atom stereocenters. The lowest BCUT2D eigenvalue weighted by Gasteiger charge is -2.27. The van der Waals surface area contributed by atoms with Crippen molar-refractivity contribution < 1.29 is 9.50 Å². The van der Waals surface area contributed by atoms with Crippen LogP contribution in [0.1, 0.15) is 46.1 Å². The lowest BCUT2D eigenvalue weighted by Crippen LogP contribution is -2.29. The van der Waals surface area contributed by atoms with Gasteiger partial charge in [0.05, 0.1) is 12.8 Å².